The van der Waals surface area contributed by atoms with Crippen molar-refractivity contribution in [1.29, 1.82) is 0 Å². The molecule has 0 fully saturated rings. The van der Waals surface area contributed by atoms with Gasteiger partial charge in [0.05, 0.1) is 10.4 Å². The molecule has 0 spiro atoms. The number of carbonyl (C=O) groups is 1. The van der Waals surface area contributed by atoms with E-state index in [1.54, 1.807) is 33.2 Å². The summed E-state index contributed by atoms with van der Waals surface area (Å²) in [7, 11) is 2.87. The second kappa shape index (κ2) is 7.73. The summed E-state index contributed by atoms with van der Waals surface area (Å²) in [5.41, 5.74) is 1.89. The highest BCUT2D eigenvalue weighted by Gasteiger charge is 2.28. The van der Waals surface area contributed by atoms with E-state index in [-0.39, 0.29) is 39.0 Å². The Morgan fingerprint density at radius 2 is 1.70 bits per heavy atom. The third-order valence-corrected chi connectivity index (χ3v) is 6.62. The quantitative estimate of drug-likeness (QED) is 0.668. The van der Waals surface area contributed by atoms with Crippen molar-refractivity contribution in [2.45, 2.75) is 25.3 Å². The molecule has 30 heavy (non-hydrogen) atoms. The molecule has 1 heterocycles. The van der Waals surface area contributed by atoms with Crippen LogP contribution in [0.1, 0.15) is 27.3 Å². The van der Waals surface area contributed by atoms with E-state index >= 15 is 0 Å². The molecule has 3 aromatic rings. The minimum Gasteiger partial charge on any atom is -0.505 e. The van der Waals surface area contributed by atoms with Crippen LogP contribution in [0.3, 0.4) is 0 Å². The van der Waals surface area contributed by atoms with Gasteiger partial charge in [0.15, 0.2) is 0 Å². The normalized spacial score (nSPS) is 12.0. The van der Waals surface area contributed by atoms with Crippen LogP contribution in [-0.4, -0.2) is 66.4 Å². The predicted octanol–water partition coefficient (Wildman–Crippen LogP) is 2.36. The number of phenols is 1. The van der Waals surface area contributed by atoms with E-state index in [1.807, 2.05) is 25.9 Å². The van der Waals surface area contributed by atoms with E-state index in [1.165, 1.54) is 23.1 Å². The number of amides is 1. The van der Waals surface area contributed by atoms with E-state index in [4.69, 9.17) is 0 Å². The zero-order valence-electron chi connectivity index (χ0n) is 18.0. The Hall–Kier alpha value is -2.91. The molecular weight excluding hydrogens is 404 g/mol. The Labute approximate surface area is 176 Å². The third-order valence-electron chi connectivity index (χ3n) is 4.82. The van der Waals surface area contributed by atoms with Crippen LogP contribution in [0.25, 0.3) is 11.0 Å². The smallest absolute Gasteiger partial charge is 0.269 e. The predicted molar refractivity (Wildman–Crippen MR) is 115 cm³/mol. The average Bonchev–Trinajstić information content (AvgIpc) is 3.00. The monoisotopic (exact) mass is 430 g/mol. The molecule has 0 saturated heterocycles. The maximum atomic E-state index is 13.4. The first-order valence-corrected chi connectivity index (χ1v) is 10.8. The number of hydrogen-bond donors (Lipinski definition) is 1. The van der Waals surface area contributed by atoms with Crippen molar-refractivity contribution in [2.24, 2.45) is 0 Å². The van der Waals surface area contributed by atoms with Gasteiger partial charge in [0.25, 0.3) is 15.9 Å². The second-order valence-electron chi connectivity index (χ2n) is 7.80. The second-order valence-corrected chi connectivity index (χ2v) is 9.58. The molecule has 1 amide bonds. The van der Waals surface area contributed by atoms with Crippen LogP contribution in [0, 0.1) is 13.8 Å². The summed E-state index contributed by atoms with van der Waals surface area (Å²) in [5.74, 6) is -0.319. The summed E-state index contributed by atoms with van der Waals surface area (Å²) >= 11 is 0. The summed E-state index contributed by atoms with van der Waals surface area (Å²) < 4.78 is 27.8. The van der Waals surface area contributed by atoms with Gasteiger partial charge >= 0.3 is 0 Å². The SMILES string of the molecule is Cc1ccc(S(=O)(=O)n2c(C)nc3c(O)c(CN(C)C)c(C(=O)N(C)C)cc32)cc1. The van der Waals surface area contributed by atoms with Gasteiger partial charge in [-0.05, 0) is 46.1 Å². The van der Waals surface area contributed by atoms with Crippen molar-refractivity contribution in [1.82, 2.24) is 18.8 Å². The molecular formula is C21H26N4O4S. The molecule has 0 aliphatic rings. The van der Waals surface area contributed by atoms with E-state index in [9.17, 15) is 18.3 Å². The number of fused-ring (bicyclic) bond motifs is 1. The van der Waals surface area contributed by atoms with E-state index < -0.39 is 10.0 Å². The lowest BCUT2D eigenvalue weighted by Crippen LogP contribution is -2.25. The highest BCUT2D eigenvalue weighted by Crippen LogP contribution is 2.35. The fraction of sp³-hybridized carbons (Fsp3) is 0.333. The lowest BCUT2D eigenvalue weighted by atomic mass is 10.0. The summed E-state index contributed by atoms with van der Waals surface area (Å²) in [6.07, 6.45) is 0. The van der Waals surface area contributed by atoms with E-state index in [2.05, 4.69) is 4.98 Å². The number of imidazole rings is 1. The van der Waals surface area contributed by atoms with Gasteiger partial charge in [0, 0.05) is 31.8 Å². The molecule has 0 unspecified atom stereocenters. The molecule has 160 valence electrons. The molecule has 0 saturated carbocycles. The number of hydrogen-bond acceptors (Lipinski definition) is 6. The Balaban J connectivity index is 2.36. The van der Waals surface area contributed by atoms with Gasteiger partial charge in [-0.1, -0.05) is 17.7 Å². The van der Waals surface area contributed by atoms with Crippen molar-refractivity contribution in [3.8, 4) is 5.75 Å². The zero-order valence-corrected chi connectivity index (χ0v) is 18.8. The molecule has 3 rings (SSSR count). The van der Waals surface area contributed by atoms with Crippen molar-refractivity contribution >= 4 is 27.0 Å². The minimum atomic E-state index is -3.98. The number of rotatable bonds is 5. The van der Waals surface area contributed by atoms with Crippen LogP contribution < -0.4 is 0 Å². The molecule has 9 heteroatoms. The Kier molecular flexibility index (Phi) is 5.62. The van der Waals surface area contributed by atoms with Crippen molar-refractivity contribution in [3.05, 3.63) is 52.8 Å². The fourth-order valence-electron chi connectivity index (χ4n) is 3.36. The number of carbonyl (C=O) groups excluding carboxylic acids is 1. The zero-order chi connectivity index (χ0) is 22.4. The largest absolute Gasteiger partial charge is 0.505 e. The first-order chi connectivity index (χ1) is 13.9. The van der Waals surface area contributed by atoms with Crippen LogP contribution in [0.4, 0.5) is 0 Å². The van der Waals surface area contributed by atoms with Gasteiger partial charge in [0.2, 0.25) is 0 Å². The number of nitrogens with zero attached hydrogens (tertiary/aromatic N) is 4. The van der Waals surface area contributed by atoms with Gasteiger partial charge in [0.1, 0.15) is 17.1 Å². The van der Waals surface area contributed by atoms with Crippen LogP contribution in [0.15, 0.2) is 35.2 Å². The summed E-state index contributed by atoms with van der Waals surface area (Å²) in [4.78, 5) is 20.5. The summed E-state index contributed by atoms with van der Waals surface area (Å²) in [6, 6.07) is 8.00. The van der Waals surface area contributed by atoms with Gasteiger partial charge < -0.3 is 14.9 Å². The molecule has 0 bridgehead atoms. The summed E-state index contributed by atoms with van der Waals surface area (Å²) in [5, 5.41) is 11.0. The third kappa shape index (κ3) is 3.66. The molecule has 0 radical (unpaired) electrons. The summed E-state index contributed by atoms with van der Waals surface area (Å²) in [6.45, 7) is 3.73. The average molecular weight is 431 g/mol. The van der Waals surface area contributed by atoms with Gasteiger partial charge in [-0.2, -0.15) is 0 Å². The van der Waals surface area contributed by atoms with Gasteiger partial charge in [-0.15, -0.1) is 0 Å². The number of aryl methyl sites for hydroxylation is 2. The highest BCUT2D eigenvalue weighted by molar-refractivity contribution is 7.90. The number of benzene rings is 2. The van der Waals surface area contributed by atoms with E-state index in [0.717, 1.165) is 9.54 Å². The van der Waals surface area contributed by atoms with Gasteiger partial charge in [-0.25, -0.2) is 17.4 Å². The molecule has 1 aromatic heterocycles. The maximum Gasteiger partial charge on any atom is 0.269 e. The lowest BCUT2D eigenvalue weighted by Gasteiger charge is -2.19. The fourth-order valence-corrected chi connectivity index (χ4v) is 4.84. The molecule has 1 N–H and O–H groups in total. The van der Waals surface area contributed by atoms with Gasteiger partial charge in [-0.3, -0.25) is 4.79 Å². The molecule has 2 aromatic carbocycles. The van der Waals surface area contributed by atoms with Crippen molar-refractivity contribution in [3.63, 3.8) is 0 Å². The number of aromatic hydroxyl groups is 1. The molecule has 0 aliphatic carbocycles. The Morgan fingerprint density at radius 3 is 2.23 bits per heavy atom. The molecule has 0 aliphatic heterocycles. The molecule has 0 atom stereocenters. The lowest BCUT2D eigenvalue weighted by molar-refractivity contribution is 0.0825. The standard InChI is InChI=1S/C21H26N4O4S/c1-13-7-9-15(10-8-13)30(28,29)25-14(2)22-19-18(25)11-16(21(27)24(5)6)17(20(19)26)12-23(3)4/h7-11,26H,12H2,1-6H3. The molecule has 8 nitrogen and oxygen atoms in total. The first-order valence-electron chi connectivity index (χ1n) is 9.37. The minimum absolute atomic E-state index is 0.104. The highest BCUT2D eigenvalue weighted by atomic mass is 32.2. The van der Waals surface area contributed by atoms with Crippen LogP contribution in [-0.2, 0) is 16.6 Å². The van der Waals surface area contributed by atoms with Crippen molar-refractivity contribution in [2.75, 3.05) is 28.2 Å². The van der Waals surface area contributed by atoms with Crippen molar-refractivity contribution < 1.29 is 18.3 Å². The maximum absolute atomic E-state index is 13.4. The van der Waals surface area contributed by atoms with Crippen LogP contribution in [0.5, 0.6) is 5.75 Å². The van der Waals surface area contributed by atoms with Crippen LogP contribution in [0.2, 0.25) is 0 Å². The Morgan fingerprint density at radius 1 is 1.10 bits per heavy atom. The first kappa shape index (κ1) is 21.8. The number of aromatic nitrogens is 2. The van der Waals surface area contributed by atoms with E-state index in [0.29, 0.717) is 12.1 Å². The number of phenolic OH excluding ortho intramolecular Hbond substituents is 1. The van der Waals surface area contributed by atoms with Crippen LogP contribution >= 0.6 is 0 Å². The topological polar surface area (TPSA) is 95.7 Å². The Bertz CT molecular complexity index is 1230.